The number of aromatic nitrogens is 2. The van der Waals surface area contributed by atoms with Crippen molar-refractivity contribution in [2.24, 2.45) is 0 Å². The molecule has 0 bridgehead atoms. The van der Waals surface area contributed by atoms with Crippen LogP contribution in [0.5, 0.6) is 0 Å². The van der Waals surface area contributed by atoms with E-state index in [1.165, 1.54) is 6.92 Å². The number of benzene rings is 2. The zero-order valence-corrected chi connectivity index (χ0v) is 14.5. The lowest BCUT2D eigenvalue weighted by atomic mass is 10.1. The summed E-state index contributed by atoms with van der Waals surface area (Å²) in [6.45, 7) is 2.51. The average molecular weight is 348 g/mol. The molecule has 2 aromatic carbocycles. The molecule has 0 fully saturated rings. The van der Waals surface area contributed by atoms with Gasteiger partial charge in [0.1, 0.15) is 0 Å². The zero-order valence-electron chi connectivity index (χ0n) is 14.5. The normalized spacial score (nSPS) is 10.3. The van der Waals surface area contributed by atoms with Gasteiger partial charge in [0.25, 0.3) is 5.91 Å². The number of nitrogens with zero attached hydrogens (tertiary/aromatic N) is 2. The van der Waals surface area contributed by atoms with E-state index in [1.54, 1.807) is 18.3 Å². The number of para-hydroxylation sites is 1. The minimum absolute atomic E-state index is 0.0828. The third-order valence-corrected chi connectivity index (χ3v) is 3.91. The first kappa shape index (κ1) is 17.4. The van der Waals surface area contributed by atoms with Crippen LogP contribution in [0.1, 0.15) is 28.4 Å². The molecule has 0 radical (unpaired) electrons. The van der Waals surface area contributed by atoms with Crippen LogP contribution in [0.25, 0.3) is 0 Å². The van der Waals surface area contributed by atoms with Crippen molar-refractivity contribution in [1.29, 1.82) is 0 Å². The number of anilines is 1. The summed E-state index contributed by atoms with van der Waals surface area (Å²) in [5.41, 5.74) is 3.24. The lowest BCUT2D eigenvalue weighted by molar-refractivity contribution is -0.119. The second kappa shape index (κ2) is 8.11. The Kier molecular flexibility index (Phi) is 5.43. The number of rotatable bonds is 6. The van der Waals surface area contributed by atoms with Crippen molar-refractivity contribution in [3.63, 3.8) is 0 Å². The van der Waals surface area contributed by atoms with Crippen molar-refractivity contribution < 1.29 is 9.59 Å². The van der Waals surface area contributed by atoms with Crippen molar-refractivity contribution in [3.05, 3.63) is 83.7 Å². The molecule has 26 heavy (non-hydrogen) atoms. The molecule has 0 spiro atoms. The molecule has 2 N–H and O–H groups in total. The summed E-state index contributed by atoms with van der Waals surface area (Å²) in [6, 6.07) is 16.7. The van der Waals surface area contributed by atoms with E-state index in [2.05, 4.69) is 15.7 Å². The molecule has 3 rings (SSSR count). The lowest BCUT2D eigenvalue weighted by Crippen LogP contribution is -2.19. The molecule has 3 aromatic rings. The van der Waals surface area contributed by atoms with E-state index in [4.69, 9.17) is 0 Å². The molecule has 132 valence electrons. The summed E-state index contributed by atoms with van der Waals surface area (Å²) in [4.78, 5) is 23.5. The summed E-state index contributed by atoms with van der Waals surface area (Å²) < 4.78 is 1.81. The Labute approximate surface area is 151 Å². The van der Waals surface area contributed by atoms with Gasteiger partial charge in [0.2, 0.25) is 5.91 Å². The summed E-state index contributed by atoms with van der Waals surface area (Å²) >= 11 is 0. The first-order valence-corrected chi connectivity index (χ1v) is 8.32. The Morgan fingerprint density at radius 1 is 1.04 bits per heavy atom. The van der Waals surface area contributed by atoms with Crippen LogP contribution >= 0.6 is 0 Å². The molecule has 6 nitrogen and oxygen atoms in total. The number of nitrogens with one attached hydrogen (secondary N) is 2. The number of carbonyl (C=O) groups is 2. The van der Waals surface area contributed by atoms with Gasteiger partial charge in [-0.25, -0.2) is 0 Å². The highest BCUT2D eigenvalue weighted by Gasteiger charge is 2.09. The third kappa shape index (κ3) is 4.57. The molecule has 0 aliphatic carbocycles. The lowest BCUT2D eigenvalue weighted by Gasteiger charge is -2.12. The summed E-state index contributed by atoms with van der Waals surface area (Å²) in [5, 5.41) is 9.89. The molecule has 0 saturated carbocycles. The number of hydrogen-bond acceptors (Lipinski definition) is 3. The maximum absolute atomic E-state index is 12.5. The van der Waals surface area contributed by atoms with Gasteiger partial charge < -0.3 is 10.6 Å². The van der Waals surface area contributed by atoms with Gasteiger partial charge in [-0.15, -0.1) is 0 Å². The Bertz CT molecular complexity index is 886. The maximum atomic E-state index is 12.5. The van der Waals surface area contributed by atoms with E-state index in [0.29, 0.717) is 18.7 Å². The Hall–Kier alpha value is -3.41. The Morgan fingerprint density at radius 3 is 2.50 bits per heavy atom. The highest BCUT2D eigenvalue weighted by molar-refractivity contribution is 6.04. The maximum Gasteiger partial charge on any atom is 0.255 e. The smallest absolute Gasteiger partial charge is 0.255 e. The zero-order chi connectivity index (χ0) is 18.4. The largest absolute Gasteiger partial charge is 0.352 e. The molecule has 0 saturated heterocycles. The molecule has 1 aromatic heterocycles. The standard InChI is InChI=1S/C20H20N4O2/c1-15(25)21-13-16-7-9-17(10-8-16)20(26)23-19-6-3-2-5-18(19)14-24-12-4-11-22-24/h2-12H,13-14H2,1H3,(H,21,25)(H,23,26). The van der Waals surface area contributed by atoms with Crippen molar-refractivity contribution >= 4 is 17.5 Å². The van der Waals surface area contributed by atoms with Crippen LogP contribution in [0.15, 0.2) is 67.0 Å². The molecule has 0 aliphatic heterocycles. The molecule has 1 heterocycles. The van der Waals surface area contributed by atoms with Gasteiger partial charge >= 0.3 is 0 Å². The average Bonchev–Trinajstić information content (AvgIpc) is 3.15. The molecular weight excluding hydrogens is 328 g/mol. The van der Waals surface area contributed by atoms with Crippen molar-refractivity contribution in [1.82, 2.24) is 15.1 Å². The molecule has 2 amide bonds. The number of carbonyl (C=O) groups excluding carboxylic acids is 2. The monoisotopic (exact) mass is 348 g/mol. The van der Waals surface area contributed by atoms with Crippen LogP contribution in [0.3, 0.4) is 0 Å². The van der Waals surface area contributed by atoms with Crippen LogP contribution in [-0.4, -0.2) is 21.6 Å². The van der Waals surface area contributed by atoms with E-state index >= 15 is 0 Å². The first-order chi connectivity index (χ1) is 12.6. The van der Waals surface area contributed by atoms with Crippen LogP contribution in [0, 0.1) is 0 Å². The predicted molar refractivity (Wildman–Crippen MR) is 99.7 cm³/mol. The summed E-state index contributed by atoms with van der Waals surface area (Å²) in [6.07, 6.45) is 3.61. The van der Waals surface area contributed by atoms with E-state index in [-0.39, 0.29) is 11.8 Å². The van der Waals surface area contributed by atoms with E-state index < -0.39 is 0 Å². The topological polar surface area (TPSA) is 76.0 Å². The van der Waals surface area contributed by atoms with Crippen LogP contribution in [-0.2, 0) is 17.9 Å². The fourth-order valence-electron chi connectivity index (χ4n) is 2.54. The number of hydrogen-bond donors (Lipinski definition) is 2. The van der Waals surface area contributed by atoms with E-state index in [1.807, 2.05) is 53.3 Å². The second-order valence-electron chi connectivity index (χ2n) is 5.92. The fraction of sp³-hybridized carbons (Fsp3) is 0.150. The van der Waals surface area contributed by atoms with Gasteiger partial charge in [-0.2, -0.15) is 5.10 Å². The SMILES string of the molecule is CC(=O)NCc1ccc(C(=O)Nc2ccccc2Cn2cccn2)cc1. The summed E-state index contributed by atoms with van der Waals surface area (Å²) in [7, 11) is 0. The number of amides is 2. The van der Waals surface area contributed by atoms with Crippen LogP contribution in [0.2, 0.25) is 0 Å². The molecule has 0 atom stereocenters. The van der Waals surface area contributed by atoms with Gasteiger partial charge in [-0.05, 0) is 35.4 Å². The molecule has 6 heteroatoms. The van der Waals surface area contributed by atoms with Crippen LogP contribution < -0.4 is 10.6 Å². The molecule has 0 unspecified atom stereocenters. The van der Waals surface area contributed by atoms with Gasteiger partial charge in [0.05, 0.1) is 6.54 Å². The molecular formula is C20H20N4O2. The second-order valence-corrected chi connectivity index (χ2v) is 5.92. The van der Waals surface area contributed by atoms with Crippen molar-refractivity contribution in [2.45, 2.75) is 20.0 Å². The minimum Gasteiger partial charge on any atom is -0.352 e. The first-order valence-electron chi connectivity index (χ1n) is 8.32. The fourth-order valence-corrected chi connectivity index (χ4v) is 2.54. The van der Waals surface area contributed by atoms with Crippen LogP contribution in [0.4, 0.5) is 5.69 Å². The third-order valence-electron chi connectivity index (χ3n) is 3.91. The van der Waals surface area contributed by atoms with Crippen molar-refractivity contribution in [2.75, 3.05) is 5.32 Å². The highest BCUT2D eigenvalue weighted by atomic mass is 16.2. The Morgan fingerprint density at radius 2 is 1.81 bits per heavy atom. The van der Waals surface area contributed by atoms with Gasteiger partial charge in [-0.3, -0.25) is 14.3 Å². The Balaban J connectivity index is 1.69. The minimum atomic E-state index is -0.177. The summed E-state index contributed by atoms with van der Waals surface area (Å²) in [5.74, 6) is -0.260. The molecule has 0 aliphatic rings. The quantitative estimate of drug-likeness (QED) is 0.719. The van der Waals surface area contributed by atoms with E-state index in [9.17, 15) is 9.59 Å². The van der Waals surface area contributed by atoms with E-state index in [0.717, 1.165) is 16.8 Å². The predicted octanol–water partition coefficient (Wildman–Crippen LogP) is 2.82. The van der Waals surface area contributed by atoms with Gasteiger partial charge in [0.15, 0.2) is 0 Å². The van der Waals surface area contributed by atoms with Gasteiger partial charge in [-0.1, -0.05) is 30.3 Å². The van der Waals surface area contributed by atoms with Crippen molar-refractivity contribution in [3.8, 4) is 0 Å². The highest BCUT2D eigenvalue weighted by Crippen LogP contribution is 2.17. The van der Waals surface area contributed by atoms with Gasteiger partial charge in [0, 0.05) is 37.1 Å².